The molecule has 0 aromatic heterocycles. The van der Waals surface area contributed by atoms with E-state index in [1.807, 2.05) is 6.92 Å². The molecule has 2 aromatic rings. The normalized spacial score (nSPS) is 11.0. The van der Waals surface area contributed by atoms with Crippen molar-refractivity contribution < 1.29 is 22.7 Å². The number of benzene rings is 2. The summed E-state index contributed by atoms with van der Waals surface area (Å²) in [4.78, 5) is 23.8. The van der Waals surface area contributed by atoms with Crippen LogP contribution in [0.1, 0.15) is 22.8 Å². The Bertz CT molecular complexity index is 892. The van der Waals surface area contributed by atoms with Gasteiger partial charge in [-0.2, -0.15) is 0 Å². The van der Waals surface area contributed by atoms with Crippen LogP contribution in [0.5, 0.6) is 0 Å². The Balaban J connectivity index is 2.03. The summed E-state index contributed by atoms with van der Waals surface area (Å²) >= 11 is 0. The van der Waals surface area contributed by atoms with Crippen LogP contribution in [0.15, 0.2) is 53.4 Å². The number of nitrogens with one attached hydrogen (secondary N) is 2. The van der Waals surface area contributed by atoms with Crippen LogP contribution in [0.25, 0.3) is 0 Å². The van der Waals surface area contributed by atoms with E-state index in [2.05, 4.69) is 14.8 Å². The van der Waals surface area contributed by atoms with Crippen LogP contribution >= 0.6 is 0 Å². The summed E-state index contributed by atoms with van der Waals surface area (Å²) in [5, 5.41) is 2.50. The molecule has 0 heterocycles. The first kappa shape index (κ1) is 19.6. The molecule has 1 amide bonds. The van der Waals surface area contributed by atoms with Crippen molar-refractivity contribution in [3.63, 3.8) is 0 Å². The van der Waals surface area contributed by atoms with Crippen LogP contribution in [-0.2, 0) is 26.0 Å². The van der Waals surface area contributed by atoms with E-state index in [0.717, 1.165) is 12.0 Å². The van der Waals surface area contributed by atoms with Gasteiger partial charge in [-0.05, 0) is 36.2 Å². The van der Waals surface area contributed by atoms with Crippen molar-refractivity contribution >= 4 is 27.6 Å². The standard InChI is InChI=1S/C18H20N2O5S/c1-3-13-8-10-14(11-9-13)26(23,24)19-12-17(21)20-16-7-5-4-6-15(16)18(22)25-2/h4-11,19H,3,12H2,1-2H3,(H,20,21). The fraction of sp³-hybridized carbons (Fsp3) is 0.222. The monoisotopic (exact) mass is 376 g/mol. The molecule has 0 fully saturated rings. The van der Waals surface area contributed by atoms with Gasteiger partial charge in [0.15, 0.2) is 0 Å². The summed E-state index contributed by atoms with van der Waals surface area (Å²) in [6.07, 6.45) is 0.801. The van der Waals surface area contributed by atoms with E-state index in [1.54, 1.807) is 24.3 Å². The number of methoxy groups -OCH3 is 1. The second kappa shape index (κ2) is 8.59. The molecular formula is C18H20N2O5S. The number of hydrogen-bond acceptors (Lipinski definition) is 5. The van der Waals surface area contributed by atoms with Gasteiger partial charge < -0.3 is 10.1 Å². The molecule has 0 aliphatic carbocycles. The number of sulfonamides is 1. The van der Waals surface area contributed by atoms with Crippen molar-refractivity contribution in [3.8, 4) is 0 Å². The van der Waals surface area contributed by atoms with Crippen molar-refractivity contribution in [2.24, 2.45) is 0 Å². The van der Waals surface area contributed by atoms with Gasteiger partial charge in [0.2, 0.25) is 15.9 Å². The third kappa shape index (κ3) is 4.90. The van der Waals surface area contributed by atoms with Crippen LogP contribution < -0.4 is 10.0 Å². The van der Waals surface area contributed by atoms with Crippen LogP contribution in [0.4, 0.5) is 5.69 Å². The molecule has 2 rings (SSSR count). The van der Waals surface area contributed by atoms with Gasteiger partial charge in [-0.1, -0.05) is 31.2 Å². The maximum absolute atomic E-state index is 12.2. The maximum atomic E-state index is 12.2. The van der Waals surface area contributed by atoms with E-state index in [1.165, 1.54) is 31.4 Å². The highest BCUT2D eigenvalue weighted by molar-refractivity contribution is 7.89. The summed E-state index contributed by atoms with van der Waals surface area (Å²) in [6.45, 7) is 1.51. The van der Waals surface area contributed by atoms with Gasteiger partial charge in [-0.3, -0.25) is 4.79 Å². The lowest BCUT2D eigenvalue weighted by molar-refractivity contribution is -0.115. The van der Waals surface area contributed by atoms with Gasteiger partial charge in [-0.15, -0.1) is 0 Å². The fourth-order valence-corrected chi connectivity index (χ4v) is 3.20. The van der Waals surface area contributed by atoms with Crippen molar-refractivity contribution in [2.45, 2.75) is 18.2 Å². The van der Waals surface area contributed by atoms with E-state index >= 15 is 0 Å². The van der Waals surface area contributed by atoms with Crippen molar-refractivity contribution in [2.75, 3.05) is 19.0 Å². The molecule has 7 nitrogen and oxygen atoms in total. The van der Waals surface area contributed by atoms with Crippen LogP contribution in [-0.4, -0.2) is 33.9 Å². The van der Waals surface area contributed by atoms with Crippen molar-refractivity contribution in [1.29, 1.82) is 0 Å². The predicted molar refractivity (Wildman–Crippen MR) is 97.4 cm³/mol. The van der Waals surface area contributed by atoms with Crippen LogP contribution in [0.2, 0.25) is 0 Å². The molecule has 0 radical (unpaired) electrons. The lowest BCUT2D eigenvalue weighted by Crippen LogP contribution is -2.33. The highest BCUT2D eigenvalue weighted by Gasteiger charge is 2.17. The number of carbonyl (C=O) groups excluding carboxylic acids is 2. The lowest BCUT2D eigenvalue weighted by atomic mass is 10.2. The second-order valence-electron chi connectivity index (χ2n) is 5.41. The Morgan fingerprint density at radius 3 is 2.31 bits per heavy atom. The second-order valence-corrected chi connectivity index (χ2v) is 7.17. The molecule has 0 saturated carbocycles. The van der Waals surface area contributed by atoms with Gasteiger partial charge in [0.1, 0.15) is 0 Å². The van der Waals surface area contributed by atoms with Crippen LogP contribution in [0.3, 0.4) is 0 Å². The smallest absolute Gasteiger partial charge is 0.339 e. The van der Waals surface area contributed by atoms with E-state index in [-0.39, 0.29) is 16.1 Å². The first-order valence-corrected chi connectivity index (χ1v) is 9.41. The summed E-state index contributed by atoms with van der Waals surface area (Å²) in [6, 6.07) is 12.7. The minimum atomic E-state index is -3.81. The number of ether oxygens (including phenoxy) is 1. The maximum Gasteiger partial charge on any atom is 0.339 e. The fourth-order valence-electron chi connectivity index (χ4n) is 2.22. The molecule has 8 heteroatoms. The molecule has 0 unspecified atom stereocenters. The molecule has 26 heavy (non-hydrogen) atoms. The van der Waals surface area contributed by atoms with E-state index in [9.17, 15) is 18.0 Å². The van der Waals surface area contributed by atoms with Gasteiger partial charge in [0, 0.05) is 0 Å². The average molecular weight is 376 g/mol. The first-order chi connectivity index (χ1) is 12.4. The summed E-state index contributed by atoms with van der Waals surface area (Å²) in [7, 11) is -2.57. The third-order valence-electron chi connectivity index (χ3n) is 3.67. The van der Waals surface area contributed by atoms with Gasteiger partial charge in [0.05, 0.1) is 29.8 Å². The minimum Gasteiger partial charge on any atom is -0.465 e. The quantitative estimate of drug-likeness (QED) is 0.719. The molecule has 0 spiro atoms. The number of anilines is 1. The number of aryl methyl sites for hydroxylation is 1. The zero-order chi connectivity index (χ0) is 19.2. The first-order valence-electron chi connectivity index (χ1n) is 7.93. The zero-order valence-electron chi connectivity index (χ0n) is 14.5. The Morgan fingerprint density at radius 1 is 1.04 bits per heavy atom. The molecule has 0 aliphatic heterocycles. The molecular weight excluding hydrogens is 356 g/mol. The zero-order valence-corrected chi connectivity index (χ0v) is 15.3. The summed E-state index contributed by atoms with van der Waals surface area (Å²) < 4.78 is 31.4. The molecule has 2 N–H and O–H groups in total. The SMILES string of the molecule is CCc1ccc(S(=O)(=O)NCC(=O)Nc2ccccc2C(=O)OC)cc1. The number of rotatable bonds is 7. The average Bonchev–Trinajstić information content (AvgIpc) is 2.66. The van der Waals surface area contributed by atoms with Gasteiger partial charge in [-0.25, -0.2) is 17.9 Å². The molecule has 2 aromatic carbocycles. The molecule has 0 atom stereocenters. The topological polar surface area (TPSA) is 102 Å². The van der Waals surface area contributed by atoms with Gasteiger partial charge >= 0.3 is 5.97 Å². The lowest BCUT2D eigenvalue weighted by Gasteiger charge is -2.11. The Hall–Kier alpha value is -2.71. The van der Waals surface area contributed by atoms with E-state index < -0.39 is 28.4 Å². The van der Waals surface area contributed by atoms with Crippen molar-refractivity contribution in [1.82, 2.24) is 4.72 Å². The van der Waals surface area contributed by atoms with E-state index in [0.29, 0.717) is 0 Å². The molecule has 0 saturated heterocycles. The minimum absolute atomic E-state index is 0.0810. The molecule has 0 aliphatic rings. The van der Waals surface area contributed by atoms with E-state index in [4.69, 9.17) is 0 Å². The molecule has 138 valence electrons. The predicted octanol–water partition coefficient (Wildman–Crippen LogP) is 1.95. The third-order valence-corrected chi connectivity index (χ3v) is 5.09. The number of para-hydroxylation sites is 1. The highest BCUT2D eigenvalue weighted by atomic mass is 32.2. The summed E-state index contributed by atoms with van der Waals surface area (Å²) in [5.74, 6) is -1.20. The van der Waals surface area contributed by atoms with Crippen molar-refractivity contribution in [3.05, 3.63) is 59.7 Å². The number of amides is 1. The number of esters is 1. The van der Waals surface area contributed by atoms with Crippen LogP contribution in [0, 0.1) is 0 Å². The largest absolute Gasteiger partial charge is 0.465 e. The summed E-state index contributed by atoms with van der Waals surface area (Å²) in [5.41, 5.74) is 1.44. The number of hydrogen-bond donors (Lipinski definition) is 2. The Morgan fingerprint density at radius 2 is 1.69 bits per heavy atom. The Kier molecular flexibility index (Phi) is 6.48. The molecule has 0 bridgehead atoms. The highest BCUT2D eigenvalue weighted by Crippen LogP contribution is 2.16. The Labute approximate surface area is 152 Å². The van der Waals surface area contributed by atoms with Gasteiger partial charge in [0.25, 0.3) is 0 Å². The number of carbonyl (C=O) groups is 2.